The Hall–Kier alpha value is -3.72. The summed E-state index contributed by atoms with van der Waals surface area (Å²) < 4.78 is 16.4. The van der Waals surface area contributed by atoms with Crippen molar-refractivity contribution in [1.82, 2.24) is 9.55 Å². The van der Waals surface area contributed by atoms with Crippen LogP contribution in [0.25, 0.3) is 16.5 Å². The number of nitrogens with zero attached hydrogens (tertiary/aromatic N) is 2. The number of para-hydroxylation sites is 1. The number of hydrogen-bond donors (Lipinski definition) is 3. The van der Waals surface area contributed by atoms with Gasteiger partial charge in [0.25, 0.3) is 5.56 Å². The molecule has 0 unspecified atom stereocenters. The van der Waals surface area contributed by atoms with Gasteiger partial charge in [-0.25, -0.2) is 14.2 Å². The van der Waals surface area contributed by atoms with E-state index in [9.17, 15) is 14.0 Å². The molecule has 2 aromatic heterocycles. The van der Waals surface area contributed by atoms with Gasteiger partial charge < -0.3 is 16.4 Å². The van der Waals surface area contributed by atoms with Crippen molar-refractivity contribution in [2.45, 2.75) is 13.3 Å². The van der Waals surface area contributed by atoms with Crippen molar-refractivity contribution in [3.63, 3.8) is 0 Å². The molecule has 4 N–H and O–H groups in total. The molecule has 2 amide bonds. The first-order chi connectivity index (χ1) is 15.4. The first-order valence-electron chi connectivity index (χ1n) is 9.79. The van der Waals surface area contributed by atoms with Crippen molar-refractivity contribution >= 4 is 49.9 Å². The van der Waals surface area contributed by atoms with E-state index < -0.39 is 11.8 Å². The van der Waals surface area contributed by atoms with Gasteiger partial charge in [-0.1, -0.05) is 25.1 Å². The predicted molar refractivity (Wildman–Crippen MR) is 128 cm³/mol. The number of aromatic nitrogens is 2. The summed E-state index contributed by atoms with van der Waals surface area (Å²) >= 11 is 3.33. The fourth-order valence-corrected chi connectivity index (χ4v) is 3.96. The van der Waals surface area contributed by atoms with Gasteiger partial charge in [-0.15, -0.1) is 0 Å². The lowest BCUT2D eigenvalue weighted by Gasteiger charge is -2.15. The molecule has 2 aromatic carbocycles. The van der Waals surface area contributed by atoms with Crippen LogP contribution >= 0.6 is 15.9 Å². The second kappa shape index (κ2) is 8.80. The quantitative estimate of drug-likeness (QED) is 0.367. The van der Waals surface area contributed by atoms with E-state index in [0.29, 0.717) is 39.0 Å². The molecule has 0 aliphatic carbocycles. The summed E-state index contributed by atoms with van der Waals surface area (Å²) in [5.41, 5.74) is 6.95. The average molecular weight is 496 g/mol. The maximum atomic E-state index is 14.6. The number of nitrogens with two attached hydrogens (primary N) is 1. The molecule has 7 nitrogen and oxygen atoms in total. The molecule has 162 valence electrons. The Kier molecular flexibility index (Phi) is 5.91. The lowest BCUT2D eigenvalue weighted by molar-refractivity contribution is 0.262. The van der Waals surface area contributed by atoms with Crippen molar-refractivity contribution in [3.8, 4) is 5.69 Å². The van der Waals surface area contributed by atoms with Gasteiger partial charge in [0.05, 0.1) is 11.4 Å². The van der Waals surface area contributed by atoms with E-state index in [-0.39, 0.29) is 11.2 Å². The molecule has 0 atom stereocenters. The Bertz CT molecular complexity index is 1390. The predicted octanol–water partition coefficient (Wildman–Crippen LogP) is 5.08. The van der Waals surface area contributed by atoms with Crippen LogP contribution in [0.2, 0.25) is 0 Å². The first kappa shape index (κ1) is 21.5. The third kappa shape index (κ3) is 4.19. The lowest BCUT2D eigenvalue weighted by atomic mass is 10.1. The van der Waals surface area contributed by atoms with Crippen LogP contribution in [0.15, 0.2) is 70.2 Å². The van der Waals surface area contributed by atoms with Gasteiger partial charge in [-0.05, 0) is 58.1 Å². The van der Waals surface area contributed by atoms with Crippen LogP contribution in [0.3, 0.4) is 0 Å². The highest BCUT2D eigenvalue weighted by atomic mass is 79.9. The Morgan fingerprint density at radius 2 is 1.94 bits per heavy atom. The van der Waals surface area contributed by atoms with Crippen LogP contribution in [0.1, 0.15) is 12.5 Å². The summed E-state index contributed by atoms with van der Waals surface area (Å²) in [7, 11) is 0. The summed E-state index contributed by atoms with van der Waals surface area (Å²) in [5.74, 6) is -0.328. The zero-order valence-corrected chi connectivity index (χ0v) is 18.6. The molecule has 0 bridgehead atoms. The van der Waals surface area contributed by atoms with E-state index in [1.807, 2.05) is 13.0 Å². The van der Waals surface area contributed by atoms with Gasteiger partial charge in [0, 0.05) is 33.5 Å². The van der Waals surface area contributed by atoms with Crippen LogP contribution in [0.4, 0.5) is 26.4 Å². The van der Waals surface area contributed by atoms with Crippen LogP contribution in [-0.4, -0.2) is 15.6 Å². The smallest absolute Gasteiger partial charge is 0.323 e. The van der Waals surface area contributed by atoms with E-state index in [1.54, 1.807) is 42.7 Å². The summed E-state index contributed by atoms with van der Waals surface area (Å²) in [6.07, 6.45) is 3.68. The molecule has 0 aliphatic rings. The molecule has 0 aliphatic heterocycles. The minimum Gasteiger partial charge on any atom is -0.384 e. The summed E-state index contributed by atoms with van der Waals surface area (Å²) in [5, 5.41) is 6.57. The molecule has 32 heavy (non-hydrogen) atoms. The molecule has 0 saturated carbocycles. The molecule has 0 fully saturated rings. The normalized spacial score (nSPS) is 10.8. The number of aryl methyl sites for hydroxylation is 1. The molecule has 4 aromatic rings. The Balaban J connectivity index is 1.77. The van der Waals surface area contributed by atoms with Crippen molar-refractivity contribution < 1.29 is 9.18 Å². The number of halogens is 2. The fourth-order valence-electron chi connectivity index (χ4n) is 3.45. The topological polar surface area (TPSA) is 102 Å². The van der Waals surface area contributed by atoms with Gasteiger partial charge in [0.2, 0.25) is 0 Å². The number of amides is 2. The monoisotopic (exact) mass is 495 g/mol. The molecule has 2 heterocycles. The maximum absolute atomic E-state index is 14.6. The SMILES string of the molecule is CCc1c(=O)n(-c2cc(NC(=O)Nc3ccccc3)c(F)cc2Br)cc2cnc(N)cc12. The number of urea groups is 1. The van der Waals surface area contributed by atoms with Gasteiger partial charge in [0.15, 0.2) is 0 Å². The molecule has 0 radical (unpaired) electrons. The van der Waals surface area contributed by atoms with Crippen molar-refractivity contribution in [2.75, 3.05) is 16.4 Å². The van der Waals surface area contributed by atoms with Gasteiger partial charge >= 0.3 is 6.03 Å². The number of hydrogen-bond acceptors (Lipinski definition) is 4. The van der Waals surface area contributed by atoms with E-state index in [1.165, 1.54) is 16.7 Å². The molecular formula is C23H19BrFN5O2. The number of nitrogen functional groups attached to an aromatic ring is 1. The molecular weight excluding hydrogens is 477 g/mol. The van der Waals surface area contributed by atoms with Gasteiger partial charge in [-0.3, -0.25) is 9.36 Å². The molecule has 0 spiro atoms. The number of pyridine rings is 2. The lowest BCUT2D eigenvalue weighted by Crippen LogP contribution is -2.23. The number of nitrogens with one attached hydrogen (secondary N) is 2. The Morgan fingerprint density at radius 1 is 1.19 bits per heavy atom. The summed E-state index contributed by atoms with van der Waals surface area (Å²) in [4.78, 5) is 29.7. The third-order valence-corrected chi connectivity index (χ3v) is 5.59. The zero-order valence-electron chi connectivity index (χ0n) is 17.0. The van der Waals surface area contributed by atoms with E-state index in [0.717, 1.165) is 5.39 Å². The fraction of sp³-hybridized carbons (Fsp3) is 0.0870. The van der Waals surface area contributed by atoms with Crippen molar-refractivity contribution in [2.24, 2.45) is 0 Å². The summed E-state index contributed by atoms with van der Waals surface area (Å²) in [6.45, 7) is 1.87. The number of rotatable bonds is 4. The Morgan fingerprint density at radius 3 is 2.66 bits per heavy atom. The molecule has 9 heteroatoms. The number of fused-ring (bicyclic) bond motifs is 1. The minimum atomic E-state index is -0.650. The standard InChI is InChI=1S/C23H19BrFN5O2/c1-2-15-16-8-21(26)27-11-13(16)12-30(22(15)31)20-10-19(18(25)9-17(20)24)29-23(32)28-14-6-4-3-5-7-14/h3-12H,2,26H2,1H3,(H2,28,29,32). The third-order valence-electron chi connectivity index (χ3n) is 4.96. The number of anilines is 3. The largest absolute Gasteiger partial charge is 0.384 e. The van der Waals surface area contributed by atoms with Gasteiger partial charge in [-0.2, -0.15) is 0 Å². The highest BCUT2D eigenvalue weighted by molar-refractivity contribution is 9.10. The second-order valence-electron chi connectivity index (χ2n) is 7.06. The van der Waals surface area contributed by atoms with E-state index >= 15 is 0 Å². The van der Waals surface area contributed by atoms with E-state index in [4.69, 9.17) is 5.73 Å². The highest BCUT2D eigenvalue weighted by Crippen LogP contribution is 2.29. The number of benzene rings is 2. The van der Waals surface area contributed by atoms with Crippen LogP contribution in [0.5, 0.6) is 0 Å². The average Bonchev–Trinajstić information content (AvgIpc) is 2.76. The van der Waals surface area contributed by atoms with Crippen LogP contribution in [0, 0.1) is 5.82 Å². The minimum absolute atomic E-state index is 0.0721. The maximum Gasteiger partial charge on any atom is 0.323 e. The van der Waals surface area contributed by atoms with Crippen molar-refractivity contribution in [1.29, 1.82) is 0 Å². The second-order valence-corrected chi connectivity index (χ2v) is 7.92. The highest BCUT2D eigenvalue weighted by Gasteiger charge is 2.16. The first-order valence-corrected chi connectivity index (χ1v) is 10.6. The van der Waals surface area contributed by atoms with Crippen LogP contribution in [-0.2, 0) is 6.42 Å². The van der Waals surface area contributed by atoms with Crippen LogP contribution < -0.4 is 21.9 Å². The van der Waals surface area contributed by atoms with E-state index in [2.05, 4.69) is 31.5 Å². The molecule has 4 rings (SSSR count). The number of carbonyl (C=O) groups excluding carboxylic acids is 1. The van der Waals surface area contributed by atoms with Gasteiger partial charge in [0.1, 0.15) is 11.6 Å². The summed E-state index contributed by atoms with van der Waals surface area (Å²) in [6, 6.07) is 12.5. The van der Waals surface area contributed by atoms with Crippen molar-refractivity contribution in [3.05, 3.63) is 87.1 Å². The Labute approximate surface area is 191 Å². The number of carbonyl (C=O) groups is 1. The molecule has 0 saturated heterocycles. The zero-order chi connectivity index (χ0) is 22.8.